The largest absolute Gasteiger partial charge is 0.301 e. The normalized spacial score (nSPS) is 16.9. The van der Waals surface area contributed by atoms with E-state index in [1.54, 1.807) is 6.07 Å². The van der Waals surface area contributed by atoms with Crippen LogP contribution >= 0.6 is 0 Å². The molecule has 1 aromatic heterocycles. The summed E-state index contributed by atoms with van der Waals surface area (Å²) >= 11 is 0. The van der Waals surface area contributed by atoms with Crippen LogP contribution in [0.1, 0.15) is 6.42 Å². The van der Waals surface area contributed by atoms with E-state index in [1.165, 1.54) is 34.9 Å². The van der Waals surface area contributed by atoms with Crippen molar-refractivity contribution in [2.45, 2.75) is 16.2 Å². The van der Waals surface area contributed by atoms with Gasteiger partial charge in [0.25, 0.3) is 0 Å². The molecule has 3 rings (SSSR count). The molecular formula is C18H22FN3O4S2. The topological polar surface area (TPSA) is 87.7 Å². The number of benzene rings is 1. The first-order valence-corrected chi connectivity index (χ1v) is 12.0. The van der Waals surface area contributed by atoms with E-state index in [0.717, 1.165) is 12.1 Å². The Kier molecular flexibility index (Phi) is 6.43. The van der Waals surface area contributed by atoms with E-state index >= 15 is 0 Å². The third-order valence-corrected chi connectivity index (χ3v) is 8.36. The molecule has 28 heavy (non-hydrogen) atoms. The van der Waals surface area contributed by atoms with Gasteiger partial charge in [0.2, 0.25) is 10.0 Å². The summed E-state index contributed by atoms with van der Waals surface area (Å²) in [7, 11) is -7.01. The molecule has 152 valence electrons. The minimum Gasteiger partial charge on any atom is -0.301 e. The lowest BCUT2D eigenvalue weighted by molar-refractivity contribution is 0.189. The van der Waals surface area contributed by atoms with Crippen molar-refractivity contribution in [3.8, 4) is 0 Å². The van der Waals surface area contributed by atoms with Crippen LogP contribution in [-0.2, 0) is 19.9 Å². The highest BCUT2D eigenvalue weighted by Gasteiger charge is 2.28. The summed E-state index contributed by atoms with van der Waals surface area (Å²) in [6.07, 6.45) is 3.29. The van der Waals surface area contributed by atoms with Crippen LogP contribution in [0, 0.1) is 5.82 Å². The van der Waals surface area contributed by atoms with Gasteiger partial charge in [0.1, 0.15) is 10.7 Å². The summed E-state index contributed by atoms with van der Waals surface area (Å²) in [4.78, 5) is 6.20. The number of halogens is 1. The molecule has 10 heteroatoms. The van der Waals surface area contributed by atoms with E-state index in [4.69, 9.17) is 0 Å². The lowest BCUT2D eigenvalue weighted by atomic mass is 10.3. The number of pyridine rings is 1. The second-order valence-corrected chi connectivity index (χ2v) is 10.6. The molecule has 0 unspecified atom stereocenters. The van der Waals surface area contributed by atoms with Gasteiger partial charge in [-0.3, -0.25) is 4.98 Å². The third-order valence-electron chi connectivity index (χ3n) is 4.66. The van der Waals surface area contributed by atoms with E-state index in [2.05, 4.69) is 9.88 Å². The van der Waals surface area contributed by atoms with Crippen molar-refractivity contribution in [3.05, 3.63) is 54.6 Å². The van der Waals surface area contributed by atoms with Crippen LogP contribution in [0.3, 0.4) is 0 Å². The van der Waals surface area contributed by atoms with Gasteiger partial charge in [-0.2, -0.15) is 4.31 Å². The van der Waals surface area contributed by atoms with Gasteiger partial charge < -0.3 is 4.90 Å². The Morgan fingerprint density at radius 2 is 1.61 bits per heavy atom. The molecule has 7 nitrogen and oxygen atoms in total. The van der Waals surface area contributed by atoms with Gasteiger partial charge in [-0.05, 0) is 49.4 Å². The maximum absolute atomic E-state index is 12.9. The summed E-state index contributed by atoms with van der Waals surface area (Å²) in [6, 6.07) is 7.92. The number of hydrogen-bond donors (Lipinski definition) is 0. The Balaban J connectivity index is 1.49. The second-order valence-electron chi connectivity index (χ2n) is 6.56. The molecule has 0 amide bonds. The standard InChI is InChI=1S/C18H22FN3O4S2/c19-16-4-6-17(7-5-16)27(23,24)14-2-9-21-10-12-22(13-11-21)28(25,26)18-3-1-8-20-15-18/h1,3-8,15H,2,9-14H2. The smallest absolute Gasteiger partial charge is 0.244 e. The Labute approximate surface area is 164 Å². The molecule has 1 aliphatic rings. The Hall–Kier alpha value is -1.88. The number of sulfonamides is 1. The van der Waals surface area contributed by atoms with E-state index in [0.29, 0.717) is 39.1 Å². The second kappa shape index (κ2) is 8.64. The number of piperazine rings is 1. The minimum atomic E-state index is -3.55. The summed E-state index contributed by atoms with van der Waals surface area (Å²) in [5, 5.41) is 0. The van der Waals surface area contributed by atoms with Crippen LogP contribution in [0.5, 0.6) is 0 Å². The minimum absolute atomic E-state index is 0.0349. The van der Waals surface area contributed by atoms with E-state index in [-0.39, 0.29) is 15.5 Å². The predicted molar refractivity (Wildman–Crippen MR) is 103 cm³/mol. The highest BCUT2D eigenvalue weighted by atomic mass is 32.2. The molecule has 0 spiro atoms. The molecule has 2 heterocycles. The molecule has 1 fully saturated rings. The van der Waals surface area contributed by atoms with Crippen LogP contribution in [0.15, 0.2) is 58.6 Å². The summed E-state index contributed by atoms with van der Waals surface area (Å²) in [5.41, 5.74) is 0. The van der Waals surface area contributed by atoms with Crippen molar-refractivity contribution >= 4 is 19.9 Å². The van der Waals surface area contributed by atoms with Crippen molar-refractivity contribution in [1.29, 1.82) is 0 Å². The van der Waals surface area contributed by atoms with Gasteiger partial charge in [-0.25, -0.2) is 21.2 Å². The number of nitrogens with zero attached hydrogens (tertiary/aromatic N) is 3. The predicted octanol–water partition coefficient (Wildman–Crippen LogP) is 1.39. The lowest BCUT2D eigenvalue weighted by Crippen LogP contribution is -2.48. The fraction of sp³-hybridized carbons (Fsp3) is 0.389. The van der Waals surface area contributed by atoms with Crippen molar-refractivity contribution < 1.29 is 21.2 Å². The molecule has 0 saturated carbocycles. The monoisotopic (exact) mass is 427 g/mol. The van der Waals surface area contributed by atoms with E-state index in [1.807, 2.05) is 0 Å². The molecule has 0 N–H and O–H groups in total. The first kappa shape index (κ1) is 20.8. The van der Waals surface area contributed by atoms with Crippen LogP contribution in [0.2, 0.25) is 0 Å². The maximum atomic E-state index is 12.9. The molecule has 1 saturated heterocycles. The van der Waals surface area contributed by atoms with Gasteiger partial charge in [-0.1, -0.05) is 0 Å². The first-order valence-electron chi connectivity index (χ1n) is 8.90. The molecule has 0 atom stereocenters. The van der Waals surface area contributed by atoms with Gasteiger partial charge in [-0.15, -0.1) is 0 Å². The van der Waals surface area contributed by atoms with E-state index < -0.39 is 25.7 Å². The Morgan fingerprint density at radius 1 is 0.929 bits per heavy atom. The SMILES string of the molecule is O=S(=O)(CCCN1CCN(S(=O)(=O)c2cccnc2)CC1)c1ccc(F)cc1. The van der Waals surface area contributed by atoms with Crippen LogP contribution in [-0.4, -0.2) is 69.5 Å². The van der Waals surface area contributed by atoms with E-state index in [9.17, 15) is 21.2 Å². The summed E-state index contributed by atoms with van der Waals surface area (Å²) in [6.45, 7) is 2.33. The number of sulfone groups is 1. The number of rotatable bonds is 7. The van der Waals surface area contributed by atoms with Crippen molar-refractivity contribution in [2.24, 2.45) is 0 Å². The number of aromatic nitrogens is 1. The highest BCUT2D eigenvalue weighted by Crippen LogP contribution is 2.17. The van der Waals surface area contributed by atoms with Crippen LogP contribution in [0.4, 0.5) is 4.39 Å². The molecule has 0 radical (unpaired) electrons. The average Bonchev–Trinajstić information content (AvgIpc) is 2.69. The molecular weight excluding hydrogens is 405 g/mol. The quantitative estimate of drug-likeness (QED) is 0.621. The molecule has 2 aromatic rings. The molecule has 0 bridgehead atoms. The zero-order chi connectivity index (χ0) is 20.2. The maximum Gasteiger partial charge on any atom is 0.244 e. The van der Waals surface area contributed by atoms with Crippen LogP contribution < -0.4 is 0 Å². The van der Waals surface area contributed by atoms with Gasteiger partial charge >= 0.3 is 0 Å². The van der Waals surface area contributed by atoms with Crippen molar-refractivity contribution in [1.82, 2.24) is 14.2 Å². The highest BCUT2D eigenvalue weighted by molar-refractivity contribution is 7.91. The molecule has 1 aromatic carbocycles. The Morgan fingerprint density at radius 3 is 2.21 bits per heavy atom. The third kappa shape index (κ3) is 4.93. The zero-order valence-corrected chi connectivity index (χ0v) is 16.9. The fourth-order valence-corrected chi connectivity index (χ4v) is 5.76. The zero-order valence-electron chi connectivity index (χ0n) is 15.2. The number of hydrogen-bond acceptors (Lipinski definition) is 6. The first-order chi connectivity index (χ1) is 13.3. The summed E-state index contributed by atoms with van der Waals surface area (Å²) in [5.74, 6) is -0.509. The van der Waals surface area contributed by atoms with Gasteiger partial charge in [0.15, 0.2) is 9.84 Å². The Bertz CT molecular complexity index is 989. The average molecular weight is 428 g/mol. The van der Waals surface area contributed by atoms with Crippen LogP contribution in [0.25, 0.3) is 0 Å². The molecule has 0 aliphatic carbocycles. The molecule has 1 aliphatic heterocycles. The van der Waals surface area contributed by atoms with Gasteiger partial charge in [0, 0.05) is 38.6 Å². The van der Waals surface area contributed by atoms with Gasteiger partial charge in [0.05, 0.1) is 10.6 Å². The van der Waals surface area contributed by atoms with Crippen molar-refractivity contribution in [3.63, 3.8) is 0 Å². The fourth-order valence-electron chi connectivity index (χ4n) is 3.08. The summed E-state index contributed by atoms with van der Waals surface area (Å²) < 4.78 is 64.1. The lowest BCUT2D eigenvalue weighted by Gasteiger charge is -2.33. The van der Waals surface area contributed by atoms with Crippen molar-refractivity contribution in [2.75, 3.05) is 38.5 Å².